The smallest absolute Gasteiger partial charge is 0.0741 e. The third-order valence-electron chi connectivity index (χ3n) is 2.77. The van der Waals surface area contributed by atoms with E-state index in [-0.39, 0.29) is 12.1 Å². The average molecular weight is 335 g/mol. The van der Waals surface area contributed by atoms with Crippen LogP contribution in [0, 0.1) is 0 Å². The van der Waals surface area contributed by atoms with Gasteiger partial charge in [0.15, 0.2) is 0 Å². The molecule has 2 atom stereocenters. The highest BCUT2D eigenvalue weighted by atomic mass is 79.9. The summed E-state index contributed by atoms with van der Waals surface area (Å²) in [6.45, 7) is 0. The Morgan fingerprint density at radius 3 is 2.40 bits per heavy atom. The summed E-state index contributed by atoms with van der Waals surface area (Å²) in [5, 5.41) is 13.1. The molecule has 4 heteroatoms. The first-order valence-electron chi connectivity index (χ1n) is 5.07. The van der Waals surface area contributed by atoms with Gasteiger partial charge in [0, 0.05) is 8.95 Å². The summed E-state index contributed by atoms with van der Waals surface area (Å²) < 4.78 is 2.05. The maximum Gasteiger partial charge on any atom is 0.0741 e. The Kier molecular flexibility index (Phi) is 3.69. The lowest BCUT2D eigenvalue weighted by atomic mass is 10.2. The van der Waals surface area contributed by atoms with Gasteiger partial charge in [-0.25, -0.2) is 0 Å². The van der Waals surface area contributed by atoms with Crippen LogP contribution in [0.1, 0.15) is 19.3 Å². The van der Waals surface area contributed by atoms with Gasteiger partial charge in [0.25, 0.3) is 0 Å². The van der Waals surface area contributed by atoms with E-state index in [4.69, 9.17) is 0 Å². The van der Waals surface area contributed by atoms with Crippen LogP contribution in [0.4, 0.5) is 5.69 Å². The summed E-state index contributed by atoms with van der Waals surface area (Å²) >= 11 is 7.00. The molecule has 15 heavy (non-hydrogen) atoms. The fraction of sp³-hybridized carbons (Fsp3) is 0.455. The molecule has 0 saturated heterocycles. The maximum absolute atomic E-state index is 9.74. The second kappa shape index (κ2) is 4.85. The molecule has 0 spiro atoms. The highest BCUT2D eigenvalue weighted by Gasteiger charge is 2.25. The SMILES string of the molecule is O[C@H]1CCC[C@@H]1Nc1c(Br)cccc1Br. The Labute approximate surface area is 106 Å². The van der Waals surface area contributed by atoms with Crippen LogP contribution in [0.3, 0.4) is 0 Å². The average Bonchev–Trinajstić information content (AvgIpc) is 2.58. The molecule has 0 aromatic heterocycles. The summed E-state index contributed by atoms with van der Waals surface area (Å²) in [4.78, 5) is 0. The first-order chi connectivity index (χ1) is 7.18. The van der Waals surface area contributed by atoms with Crippen LogP contribution in [-0.2, 0) is 0 Å². The lowest BCUT2D eigenvalue weighted by molar-refractivity contribution is 0.172. The normalized spacial score (nSPS) is 25.5. The van der Waals surface area contributed by atoms with Crippen LogP contribution >= 0.6 is 31.9 Å². The first-order valence-corrected chi connectivity index (χ1v) is 6.65. The van der Waals surface area contributed by atoms with Gasteiger partial charge in [-0.15, -0.1) is 0 Å². The fourth-order valence-electron chi connectivity index (χ4n) is 1.93. The second-order valence-electron chi connectivity index (χ2n) is 3.85. The molecule has 1 fully saturated rings. The van der Waals surface area contributed by atoms with Gasteiger partial charge in [-0.05, 0) is 63.3 Å². The molecule has 0 amide bonds. The maximum atomic E-state index is 9.74. The van der Waals surface area contributed by atoms with E-state index in [1.807, 2.05) is 18.2 Å². The Morgan fingerprint density at radius 1 is 1.20 bits per heavy atom. The van der Waals surface area contributed by atoms with Crippen molar-refractivity contribution in [2.75, 3.05) is 5.32 Å². The van der Waals surface area contributed by atoms with E-state index in [9.17, 15) is 5.11 Å². The van der Waals surface area contributed by atoms with Gasteiger partial charge in [-0.1, -0.05) is 6.07 Å². The van der Waals surface area contributed by atoms with Crippen molar-refractivity contribution in [1.82, 2.24) is 0 Å². The molecule has 1 aliphatic carbocycles. The van der Waals surface area contributed by atoms with Crippen LogP contribution in [0.15, 0.2) is 27.1 Å². The standard InChI is InChI=1S/C11H13Br2NO/c12-7-3-1-4-8(13)11(7)14-9-5-2-6-10(9)15/h1,3-4,9-10,14-15H,2,5-6H2/t9-,10-/m0/s1. The molecule has 0 unspecified atom stereocenters. The van der Waals surface area contributed by atoms with Crippen LogP contribution in [0.5, 0.6) is 0 Å². The highest BCUT2D eigenvalue weighted by molar-refractivity contribution is 9.11. The van der Waals surface area contributed by atoms with Crippen LogP contribution in [0.25, 0.3) is 0 Å². The molecule has 1 aromatic carbocycles. The molecule has 0 heterocycles. The van der Waals surface area contributed by atoms with E-state index in [1.165, 1.54) is 0 Å². The number of anilines is 1. The zero-order valence-corrected chi connectivity index (χ0v) is 11.4. The van der Waals surface area contributed by atoms with Crippen molar-refractivity contribution < 1.29 is 5.11 Å². The molecule has 2 N–H and O–H groups in total. The number of halogens is 2. The molecule has 0 aliphatic heterocycles. The summed E-state index contributed by atoms with van der Waals surface area (Å²) in [6, 6.07) is 6.15. The van der Waals surface area contributed by atoms with Crippen molar-refractivity contribution in [1.29, 1.82) is 0 Å². The molecule has 1 aliphatic rings. The van der Waals surface area contributed by atoms with Gasteiger partial charge in [-0.2, -0.15) is 0 Å². The highest BCUT2D eigenvalue weighted by Crippen LogP contribution is 2.33. The zero-order chi connectivity index (χ0) is 10.8. The van der Waals surface area contributed by atoms with E-state index in [0.717, 1.165) is 33.9 Å². The third-order valence-corrected chi connectivity index (χ3v) is 4.09. The Hall–Kier alpha value is -0.0600. The van der Waals surface area contributed by atoms with Gasteiger partial charge in [0.2, 0.25) is 0 Å². The minimum atomic E-state index is -0.219. The number of hydrogen-bond donors (Lipinski definition) is 2. The van der Waals surface area contributed by atoms with Crippen molar-refractivity contribution in [2.24, 2.45) is 0 Å². The van der Waals surface area contributed by atoms with Crippen LogP contribution < -0.4 is 5.32 Å². The number of nitrogens with one attached hydrogen (secondary N) is 1. The van der Waals surface area contributed by atoms with Gasteiger partial charge in [-0.3, -0.25) is 0 Å². The van der Waals surface area contributed by atoms with E-state index >= 15 is 0 Å². The van der Waals surface area contributed by atoms with Crippen molar-refractivity contribution in [3.05, 3.63) is 27.1 Å². The molecular formula is C11H13Br2NO. The van der Waals surface area contributed by atoms with Crippen molar-refractivity contribution in [3.63, 3.8) is 0 Å². The Morgan fingerprint density at radius 2 is 1.87 bits per heavy atom. The summed E-state index contributed by atoms with van der Waals surface area (Å²) in [5.41, 5.74) is 1.03. The number of para-hydroxylation sites is 1. The molecule has 0 radical (unpaired) electrons. The number of benzene rings is 1. The lowest BCUT2D eigenvalue weighted by Crippen LogP contribution is -2.28. The van der Waals surface area contributed by atoms with Crippen molar-refractivity contribution in [3.8, 4) is 0 Å². The second-order valence-corrected chi connectivity index (χ2v) is 5.55. The summed E-state index contributed by atoms with van der Waals surface area (Å²) in [6.07, 6.45) is 2.82. The largest absolute Gasteiger partial charge is 0.391 e. The summed E-state index contributed by atoms with van der Waals surface area (Å²) in [7, 11) is 0. The van der Waals surface area contributed by atoms with Gasteiger partial charge >= 0.3 is 0 Å². The van der Waals surface area contributed by atoms with Crippen molar-refractivity contribution in [2.45, 2.75) is 31.4 Å². The number of aliphatic hydroxyl groups excluding tert-OH is 1. The zero-order valence-electron chi connectivity index (χ0n) is 8.21. The van der Waals surface area contributed by atoms with Crippen LogP contribution in [-0.4, -0.2) is 17.3 Å². The molecule has 2 nitrogen and oxygen atoms in total. The van der Waals surface area contributed by atoms with Gasteiger partial charge in [0.1, 0.15) is 0 Å². The van der Waals surface area contributed by atoms with E-state index < -0.39 is 0 Å². The molecule has 1 saturated carbocycles. The summed E-state index contributed by atoms with van der Waals surface area (Å²) in [5.74, 6) is 0. The minimum Gasteiger partial charge on any atom is -0.391 e. The third kappa shape index (κ3) is 2.55. The number of aliphatic hydroxyl groups is 1. The Bertz CT molecular complexity index is 336. The number of rotatable bonds is 2. The molecular weight excluding hydrogens is 322 g/mol. The molecule has 1 aromatic rings. The van der Waals surface area contributed by atoms with Crippen molar-refractivity contribution >= 4 is 37.5 Å². The predicted molar refractivity (Wildman–Crippen MR) is 69.1 cm³/mol. The number of hydrogen-bond acceptors (Lipinski definition) is 2. The molecule has 2 rings (SSSR count). The van der Waals surface area contributed by atoms with Gasteiger partial charge < -0.3 is 10.4 Å². The Balaban J connectivity index is 2.16. The lowest BCUT2D eigenvalue weighted by Gasteiger charge is -2.19. The monoisotopic (exact) mass is 333 g/mol. The molecule has 0 bridgehead atoms. The fourth-order valence-corrected chi connectivity index (χ4v) is 3.16. The first kappa shape index (κ1) is 11.4. The topological polar surface area (TPSA) is 32.3 Å². The predicted octanol–water partition coefficient (Wildman–Crippen LogP) is 3.54. The quantitative estimate of drug-likeness (QED) is 0.867. The van der Waals surface area contributed by atoms with Crippen LogP contribution in [0.2, 0.25) is 0 Å². The van der Waals surface area contributed by atoms with Gasteiger partial charge in [0.05, 0.1) is 17.8 Å². The van der Waals surface area contributed by atoms with E-state index in [1.54, 1.807) is 0 Å². The molecule has 82 valence electrons. The minimum absolute atomic E-state index is 0.181. The van der Waals surface area contributed by atoms with E-state index in [2.05, 4.69) is 37.2 Å². The van der Waals surface area contributed by atoms with E-state index in [0.29, 0.717) is 0 Å².